The zero-order chi connectivity index (χ0) is 13.3. The van der Waals surface area contributed by atoms with Crippen LogP contribution >= 0.6 is 0 Å². The van der Waals surface area contributed by atoms with E-state index in [-0.39, 0.29) is 5.54 Å². The number of fused-ring (bicyclic) bond motifs is 1. The van der Waals surface area contributed by atoms with Crippen LogP contribution in [0.4, 0.5) is 5.69 Å². The first-order valence-corrected chi connectivity index (χ1v) is 6.16. The molecule has 18 heavy (non-hydrogen) atoms. The highest BCUT2D eigenvalue weighted by atomic mass is 16.5. The van der Waals surface area contributed by atoms with Gasteiger partial charge in [0.2, 0.25) is 0 Å². The minimum Gasteiger partial charge on any atom is -0.494 e. The molecule has 4 nitrogen and oxygen atoms in total. The van der Waals surface area contributed by atoms with Gasteiger partial charge in [0.15, 0.2) is 0 Å². The lowest BCUT2D eigenvalue weighted by Crippen LogP contribution is -2.52. The van der Waals surface area contributed by atoms with Crippen molar-refractivity contribution < 1.29 is 9.94 Å². The maximum absolute atomic E-state index is 9.35. The van der Waals surface area contributed by atoms with Crippen molar-refractivity contribution in [3.63, 3.8) is 0 Å². The first-order chi connectivity index (χ1) is 8.49. The molecule has 0 radical (unpaired) electrons. The second-order valence-corrected chi connectivity index (χ2v) is 5.03. The van der Waals surface area contributed by atoms with E-state index in [0.717, 1.165) is 17.0 Å². The van der Waals surface area contributed by atoms with Crippen LogP contribution in [-0.4, -0.2) is 17.4 Å². The van der Waals surface area contributed by atoms with Crippen LogP contribution in [0.5, 0.6) is 5.75 Å². The van der Waals surface area contributed by atoms with Crippen LogP contribution in [0.25, 0.3) is 5.57 Å². The predicted molar refractivity (Wildman–Crippen MR) is 72.7 cm³/mol. The van der Waals surface area contributed by atoms with Gasteiger partial charge >= 0.3 is 0 Å². The summed E-state index contributed by atoms with van der Waals surface area (Å²) in [5, 5.41) is 11.1. The molecule has 0 aliphatic carbocycles. The van der Waals surface area contributed by atoms with E-state index in [2.05, 4.69) is 18.6 Å². The summed E-state index contributed by atoms with van der Waals surface area (Å²) in [7, 11) is 0. The molecule has 98 valence electrons. The summed E-state index contributed by atoms with van der Waals surface area (Å²) < 4.78 is 5.51. The summed E-state index contributed by atoms with van der Waals surface area (Å²) in [6.45, 7) is 8.77. The number of hydrogen-bond acceptors (Lipinski definition) is 4. The molecule has 2 rings (SSSR count). The fraction of sp³-hybridized carbons (Fsp3) is 0.429. The van der Waals surface area contributed by atoms with Crippen molar-refractivity contribution in [2.45, 2.75) is 33.2 Å². The van der Waals surface area contributed by atoms with E-state index >= 15 is 0 Å². The molecule has 1 aliphatic rings. The summed E-state index contributed by atoms with van der Waals surface area (Å²) >= 11 is 0. The molecule has 0 fully saturated rings. The van der Waals surface area contributed by atoms with Crippen LogP contribution in [0.15, 0.2) is 24.3 Å². The molecule has 0 atom stereocenters. The SMILES string of the molecule is CCOc1ccc2c(c1)C(C)=CC(C)(C)N2NO. The minimum absolute atomic E-state index is 0.279. The van der Waals surface area contributed by atoms with Gasteiger partial charge in [-0.25, -0.2) is 0 Å². The Hall–Kier alpha value is -1.52. The number of benzene rings is 1. The Balaban J connectivity index is 2.51. The monoisotopic (exact) mass is 248 g/mol. The van der Waals surface area contributed by atoms with Crippen LogP contribution in [0.2, 0.25) is 0 Å². The quantitative estimate of drug-likeness (QED) is 0.807. The molecule has 1 aliphatic heterocycles. The molecule has 1 heterocycles. The van der Waals surface area contributed by atoms with Crippen molar-refractivity contribution in [2.75, 3.05) is 11.6 Å². The largest absolute Gasteiger partial charge is 0.494 e. The topological polar surface area (TPSA) is 44.7 Å². The molecule has 0 saturated heterocycles. The van der Waals surface area contributed by atoms with Gasteiger partial charge in [-0.2, -0.15) is 0 Å². The molecule has 2 N–H and O–H groups in total. The van der Waals surface area contributed by atoms with Gasteiger partial charge in [-0.05, 0) is 51.5 Å². The Labute approximate surface area is 108 Å². The molecule has 0 spiro atoms. The van der Waals surface area contributed by atoms with Crippen LogP contribution in [0.3, 0.4) is 0 Å². The smallest absolute Gasteiger partial charge is 0.120 e. The number of hydrogen-bond donors (Lipinski definition) is 2. The molecule has 0 aromatic heterocycles. The van der Waals surface area contributed by atoms with E-state index in [1.807, 2.05) is 39.0 Å². The van der Waals surface area contributed by atoms with Gasteiger partial charge in [0, 0.05) is 5.56 Å². The fourth-order valence-corrected chi connectivity index (χ4v) is 2.45. The van der Waals surface area contributed by atoms with Crippen molar-refractivity contribution in [3.8, 4) is 5.75 Å². The van der Waals surface area contributed by atoms with E-state index in [1.54, 1.807) is 5.01 Å². The first kappa shape index (κ1) is 12.9. The summed E-state index contributed by atoms with van der Waals surface area (Å²) in [5.74, 6) is 0.849. The molecule has 0 saturated carbocycles. The highest BCUT2D eigenvalue weighted by Gasteiger charge is 2.31. The number of rotatable bonds is 3. The lowest BCUT2D eigenvalue weighted by Gasteiger charge is -2.41. The lowest BCUT2D eigenvalue weighted by molar-refractivity contribution is 0.135. The third-order valence-corrected chi connectivity index (χ3v) is 3.19. The number of anilines is 1. The van der Waals surface area contributed by atoms with Crippen LogP contribution in [0.1, 0.15) is 33.3 Å². The molecule has 4 heteroatoms. The summed E-state index contributed by atoms with van der Waals surface area (Å²) in [6, 6.07) is 5.88. The molecule has 1 aromatic rings. The van der Waals surface area contributed by atoms with Gasteiger partial charge in [0.25, 0.3) is 0 Å². The molecular weight excluding hydrogens is 228 g/mol. The molecule has 0 amide bonds. The number of nitrogens with zero attached hydrogens (tertiary/aromatic N) is 1. The molecule has 0 bridgehead atoms. The number of ether oxygens (including phenoxy) is 1. The van der Waals surface area contributed by atoms with Crippen LogP contribution < -0.4 is 15.3 Å². The van der Waals surface area contributed by atoms with Gasteiger partial charge in [-0.3, -0.25) is 10.2 Å². The Morgan fingerprint density at radius 3 is 2.72 bits per heavy atom. The third kappa shape index (κ3) is 2.09. The van der Waals surface area contributed by atoms with Gasteiger partial charge in [-0.1, -0.05) is 6.08 Å². The zero-order valence-electron chi connectivity index (χ0n) is 11.3. The zero-order valence-corrected chi connectivity index (χ0v) is 11.3. The average Bonchev–Trinajstić information content (AvgIpc) is 2.29. The second-order valence-electron chi connectivity index (χ2n) is 5.03. The van der Waals surface area contributed by atoms with Gasteiger partial charge in [0.05, 0.1) is 17.8 Å². The van der Waals surface area contributed by atoms with E-state index in [0.29, 0.717) is 6.61 Å². The molecule has 0 unspecified atom stereocenters. The molecule has 1 aromatic carbocycles. The summed E-state index contributed by atoms with van der Waals surface area (Å²) in [6.07, 6.45) is 2.12. The van der Waals surface area contributed by atoms with Crippen molar-refractivity contribution in [1.29, 1.82) is 0 Å². The van der Waals surface area contributed by atoms with Crippen molar-refractivity contribution in [1.82, 2.24) is 5.59 Å². The maximum Gasteiger partial charge on any atom is 0.120 e. The number of nitrogens with one attached hydrogen (secondary N) is 1. The number of hydrazine groups is 1. The van der Waals surface area contributed by atoms with Crippen molar-refractivity contribution in [2.24, 2.45) is 0 Å². The Kier molecular flexibility index (Phi) is 3.32. The second kappa shape index (κ2) is 4.63. The minimum atomic E-state index is -0.279. The maximum atomic E-state index is 9.35. The highest BCUT2D eigenvalue weighted by molar-refractivity contribution is 5.81. The third-order valence-electron chi connectivity index (χ3n) is 3.19. The molecular formula is C14H20N2O2. The Morgan fingerprint density at radius 2 is 2.11 bits per heavy atom. The van der Waals surface area contributed by atoms with E-state index in [4.69, 9.17) is 4.74 Å². The Morgan fingerprint density at radius 1 is 1.39 bits per heavy atom. The fourth-order valence-electron chi connectivity index (χ4n) is 2.45. The van der Waals surface area contributed by atoms with Gasteiger partial charge in [0.1, 0.15) is 5.75 Å². The van der Waals surface area contributed by atoms with Crippen molar-refractivity contribution >= 4 is 11.3 Å². The average molecular weight is 248 g/mol. The van der Waals surface area contributed by atoms with Crippen molar-refractivity contribution in [3.05, 3.63) is 29.8 Å². The summed E-state index contributed by atoms with van der Waals surface area (Å²) in [4.78, 5) is 0. The van der Waals surface area contributed by atoms with E-state index < -0.39 is 0 Å². The summed E-state index contributed by atoms with van der Waals surface area (Å²) in [5.41, 5.74) is 5.20. The van der Waals surface area contributed by atoms with E-state index in [1.165, 1.54) is 5.57 Å². The first-order valence-electron chi connectivity index (χ1n) is 6.16. The Bertz CT molecular complexity index is 481. The highest BCUT2D eigenvalue weighted by Crippen LogP contribution is 2.39. The van der Waals surface area contributed by atoms with E-state index in [9.17, 15) is 5.21 Å². The normalized spacial score (nSPS) is 17.2. The lowest BCUT2D eigenvalue weighted by atomic mass is 9.90. The van der Waals surface area contributed by atoms with Gasteiger partial charge in [-0.15, -0.1) is 5.59 Å². The van der Waals surface area contributed by atoms with Crippen LogP contribution in [0, 0.1) is 0 Å². The number of allylic oxidation sites excluding steroid dienone is 1. The standard InChI is InChI=1S/C14H20N2O2/c1-5-18-11-6-7-13-12(8-11)10(2)9-14(3,4)16(13)15-17/h6-9,15,17H,5H2,1-4H3. The van der Waals surface area contributed by atoms with Gasteiger partial charge < -0.3 is 4.74 Å². The predicted octanol–water partition coefficient (Wildman–Crippen LogP) is 2.98. The van der Waals surface area contributed by atoms with Crippen LogP contribution in [-0.2, 0) is 0 Å².